The Labute approximate surface area is 105 Å². The Bertz CT molecular complexity index is 500. The lowest BCUT2D eigenvalue weighted by Gasteiger charge is -2.40. The van der Waals surface area contributed by atoms with Crippen LogP contribution < -0.4 is 15.5 Å². The largest absolute Gasteiger partial charge is 0.357 e. The summed E-state index contributed by atoms with van der Waals surface area (Å²) >= 11 is 0. The number of hydrogen-bond donors (Lipinski definition) is 2. The molecule has 0 unspecified atom stereocenters. The van der Waals surface area contributed by atoms with Gasteiger partial charge in [0.05, 0.1) is 6.54 Å². The van der Waals surface area contributed by atoms with Gasteiger partial charge in [-0.3, -0.25) is 14.9 Å². The van der Waals surface area contributed by atoms with Crippen LogP contribution in [0.2, 0.25) is 0 Å². The van der Waals surface area contributed by atoms with Gasteiger partial charge in [-0.1, -0.05) is 0 Å². The second-order valence-electron chi connectivity index (χ2n) is 4.51. The summed E-state index contributed by atoms with van der Waals surface area (Å²) in [6.07, 6.45) is 1.58. The van der Waals surface area contributed by atoms with Crippen LogP contribution in [0.25, 0.3) is 0 Å². The summed E-state index contributed by atoms with van der Waals surface area (Å²) in [6, 6.07) is 1.68. The number of nitrogens with one attached hydrogen (secondary N) is 2. The van der Waals surface area contributed by atoms with Crippen LogP contribution in [0.3, 0.4) is 0 Å². The molecule has 1 aromatic rings. The van der Waals surface area contributed by atoms with Crippen LogP contribution in [0, 0.1) is 0 Å². The fourth-order valence-corrected chi connectivity index (χ4v) is 1.77. The van der Waals surface area contributed by atoms with Gasteiger partial charge in [0.2, 0.25) is 11.9 Å². The van der Waals surface area contributed by atoms with Crippen LogP contribution >= 0.6 is 0 Å². The predicted molar refractivity (Wildman–Crippen MR) is 66.2 cm³/mol. The minimum Gasteiger partial charge on any atom is -0.357 e. The quantitative estimate of drug-likeness (QED) is 0.703. The number of piperazine rings is 1. The van der Waals surface area contributed by atoms with E-state index in [1.54, 1.807) is 38.1 Å². The number of amides is 2. The molecular weight excluding hydrogens is 234 g/mol. The summed E-state index contributed by atoms with van der Waals surface area (Å²) in [5, 5.41) is 5.14. The highest BCUT2D eigenvalue weighted by Gasteiger charge is 2.41. The van der Waals surface area contributed by atoms with Crippen molar-refractivity contribution in [2.24, 2.45) is 0 Å². The molecule has 0 aromatic carbocycles. The molecule has 2 heterocycles. The van der Waals surface area contributed by atoms with Crippen molar-refractivity contribution in [1.82, 2.24) is 15.3 Å². The molecule has 0 spiro atoms. The van der Waals surface area contributed by atoms with Crippen molar-refractivity contribution in [2.75, 3.05) is 23.8 Å². The molecule has 0 saturated carbocycles. The molecular formula is C11H15N5O2. The first-order valence-electron chi connectivity index (χ1n) is 5.58. The topological polar surface area (TPSA) is 87.2 Å². The molecule has 96 valence electrons. The maximum absolute atomic E-state index is 11.8. The van der Waals surface area contributed by atoms with Gasteiger partial charge in [-0.15, -0.1) is 0 Å². The van der Waals surface area contributed by atoms with E-state index in [4.69, 9.17) is 0 Å². The summed E-state index contributed by atoms with van der Waals surface area (Å²) in [6.45, 7) is 3.59. The number of carbonyl (C=O) groups is 2. The maximum atomic E-state index is 11.8. The van der Waals surface area contributed by atoms with Crippen molar-refractivity contribution >= 4 is 23.6 Å². The Hall–Kier alpha value is -2.18. The monoisotopic (exact) mass is 249 g/mol. The van der Waals surface area contributed by atoms with Crippen molar-refractivity contribution in [1.29, 1.82) is 0 Å². The minimum atomic E-state index is -0.826. The summed E-state index contributed by atoms with van der Waals surface area (Å²) in [5.41, 5.74) is -0.826. The molecule has 18 heavy (non-hydrogen) atoms. The molecule has 7 heteroatoms. The number of nitrogens with zero attached hydrogens (tertiary/aromatic N) is 3. The molecule has 0 bridgehead atoms. The van der Waals surface area contributed by atoms with Gasteiger partial charge >= 0.3 is 0 Å². The SMILES string of the molecule is CNc1nccc(N2CC(=O)NC(=O)C2(C)C)n1. The van der Waals surface area contributed by atoms with E-state index in [0.717, 1.165) is 0 Å². The Morgan fingerprint density at radius 3 is 2.83 bits per heavy atom. The average molecular weight is 249 g/mol. The molecule has 2 rings (SSSR count). The fraction of sp³-hybridized carbons (Fsp3) is 0.455. The highest BCUT2D eigenvalue weighted by Crippen LogP contribution is 2.24. The highest BCUT2D eigenvalue weighted by atomic mass is 16.2. The average Bonchev–Trinajstić information content (AvgIpc) is 2.34. The molecule has 0 atom stereocenters. The van der Waals surface area contributed by atoms with Gasteiger partial charge in [-0.25, -0.2) is 4.98 Å². The van der Waals surface area contributed by atoms with Crippen LogP contribution in [-0.2, 0) is 9.59 Å². The fourth-order valence-electron chi connectivity index (χ4n) is 1.77. The van der Waals surface area contributed by atoms with Gasteiger partial charge in [0.25, 0.3) is 5.91 Å². The van der Waals surface area contributed by atoms with Gasteiger partial charge in [-0.05, 0) is 19.9 Å². The first-order chi connectivity index (χ1) is 8.45. The molecule has 1 aliphatic heterocycles. The Morgan fingerprint density at radius 2 is 2.17 bits per heavy atom. The summed E-state index contributed by atoms with van der Waals surface area (Å²) in [7, 11) is 1.71. The molecule has 1 saturated heterocycles. The van der Waals surface area contributed by atoms with E-state index in [1.165, 1.54) is 0 Å². The Morgan fingerprint density at radius 1 is 1.44 bits per heavy atom. The molecule has 0 aliphatic carbocycles. The first-order valence-corrected chi connectivity index (χ1v) is 5.58. The van der Waals surface area contributed by atoms with E-state index >= 15 is 0 Å². The summed E-state index contributed by atoms with van der Waals surface area (Å²) in [4.78, 5) is 33.2. The van der Waals surface area contributed by atoms with Crippen molar-refractivity contribution in [3.05, 3.63) is 12.3 Å². The van der Waals surface area contributed by atoms with Crippen molar-refractivity contribution < 1.29 is 9.59 Å². The molecule has 1 aliphatic rings. The standard InChI is InChI=1S/C11H15N5O2/c1-11(2)9(18)15-8(17)6-16(11)7-4-5-13-10(12-3)14-7/h4-5H,6H2,1-3H3,(H,12,13,14)(H,15,17,18). The van der Waals surface area contributed by atoms with E-state index in [9.17, 15) is 9.59 Å². The third-order valence-electron chi connectivity index (χ3n) is 2.93. The number of anilines is 2. The lowest BCUT2D eigenvalue weighted by molar-refractivity contribution is -0.135. The van der Waals surface area contributed by atoms with E-state index in [-0.39, 0.29) is 18.4 Å². The predicted octanol–water partition coefficient (Wildman–Crippen LogP) is -0.240. The second kappa shape index (κ2) is 4.25. The van der Waals surface area contributed by atoms with Crippen LogP contribution in [-0.4, -0.2) is 40.9 Å². The molecule has 1 fully saturated rings. The smallest absolute Gasteiger partial charge is 0.251 e. The number of rotatable bonds is 2. The first kappa shape index (κ1) is 12.3. The third-order valence-corrected chi connectivity index (χ3v) is 2.93. The third kappa shape index (κ3) is 1.99. The normalized spacial score (nSPS) is 18.5. The van der Waals surface area contributed by atoms with E-state index in [2.05, 4.69) is 20.6 Å². The summed E-state index contributed by atoms with van der Waals surface area (Å²) in [5.74, 6) is 0.330. The van der Waals surface area contributed by atoms with Gasteiger partial charge < -0.3 is 10.2 Å². The zero-order valence-electron chi connectivity index (χ0n) is 10.5. The van der Waals surface area contributed by atoms with E-state index in [1.807, 2.05) is 0 Å². The molecule has 2 N–H and O–H groups in total. The van der Waals surface area contributed by atoms with Crippen LogP contribution in [0.15, 0.2) is 12.3 Å². The van der Waals surface area contributed by atoms with Crippen LogP contribution in [0.4, 0.5) is 11.8 Å². The van der Waals surface area contributed by atoms with E-state index < -0.39 is 5.54 Å². The molecule has 1 aromatic heterocycles. The lowest BCUT2D eigenvalue weighted by atomic mass is 9.99. The van der Waals surface area contributed by atoms with Crippen molar-refractivity contribution in [2.45, 2.75) is 19.4 Å². The summed E-state index contributed by atoms with van der Waals surface area (Å²) < 4.78 is 0. The Kier molecular flexibility index (Phi) is 2.90. The maximum Gasteiger partial charge on any atom is 0.251 e. The minimum absolute atomic E-state index is 0.0961. The Balaban J connectivity index is 2.40. The van der Waals surface area contributed by atoms with Gasteiger partial charge in [0.15, 0.2) is 0 Å². The molecule has 0 radical (unpaired) electrons. The highest BCUT2D eigenvalue weighted by molar-refractivity contribution is 6.06. The number of hydrogen-bond acceptors (Lipinski definition) is 6. The number of carbonyl (C=O) groups excluding carboxylic acids is 2. The van der Waals surface area contributed by atoms with Gasteiger partial charge in [-0.2, -0.15) is 4.98 Å². The van der Waals surface area contributed by atoms with Gasteiger partial charge in [0.1, 0.15) is 11.4 Å². The lowest BCUT2D eigenvalue weighted by Crippen LogP contribution is -2.64. The number of imide groups is 1. The molecule has 7 nitrogen and oxygen atoms in total. The second-order valence-corrected chi connectivity index (χ2v) is 4.51. The van der Waals surface area contributed by atoms with Crippen molar-refractivity contribution in [3.8, 4) is 0 Å². The van der Waals surface area contributed by atoms with Gasteiger partial charge in [0, 0.05) is 13.2 Å². The molecule has 2 amide bonds. The number of aromatic nitrogens is 2. The van der Waals surface area contributed by atoms with Crippen LogP contribution in [0.5, 0.6) is 0 Å². The zero-order valence-corrected chi connectivity index (χ0v) is 10.5. The zero-order chi connectivity index (χ0) is 13.3. The van der Waals surface area contributed by atoms with Crippen molar-refractivity contribution in [3.63, 3.8) is 0 Å². The van der Waals surface area contributed by atoms with E-state index in [0.29, 0.717) is 11.8 Å². The van der Waals surface area contributed by atoms with Crippen LogP contribution in [0.1, 0.15) is 13.8 Å².